The highest BCUT2D eigenvalue weighted by Crippen LogP contribution is 2.23. The van der Waals surface area contributed by atoms with Crippen molar-refractivity contribution in [2.75, 3.05) is 0 Å². The lowest BCUT2D eigenvalue weighted by atomic mass is 10.1. The summed E-state index contributed by atoms with van der Waals surface area (Å²) in [5.74, 6) is -0.534. The fourth-order valence-corrected chi connectivity index (χ4v) is 1.52. The van der Waals surface area contributed by atoms with Crippen molar-refractivity contribution in [3.8, 4) is 11.1 Å². The molecular formula is C12H7ClFNO. The Bertz CT molecular complexity index is 525. The van der Waals surface area contributed by atoms with E-state index in [1.165, 1.54) is 12.3 Å². The number of hydrogen-bond acceptors (Lipinski definition) is 2. The van der Waals surface area contributed by atoms with Gasteiger partial charge in [-0.2, -0.15) is 4.39 Å². The molecule has 0 aliphatic heterocycles. The fraction of sp³-hybridized carbons (Fsp3) is 0. The van der Waals surface area contributed by atoms with E-state index in [-0.39, 0.29) is 0 Å². The van der Waals surface area contributed by atoms with E-state index >= 15 is 0 Å². The van der Waals surface area contributed by atoms with E-state index in [1.54, 1.807) is 24.3 Å². The number of aldehydes is 1. The minimum absolute atomic E-state index is 0.397. The summed E-state index contributed by atoms with van der Waals surface area (Å²) in [4.78, 5) is 14.3. The molecule has 0 fully saturated rings. The van der Waals surface area contributed by atoms with E-state index < -0.39 is 5.95 Å². The molecule has 2 nitrogen and oxygen atoms in total. The standard InChI is InChI=1S/C12H7ClFNO/c13-11-3-1-8(5-10(11)7-16)9-2-4-12(14)15-6-9/h1-7H. The summed E-state index contributed by atoms with van der Waals surface area (Å²) in [5.41, 5.74) is 1.92. The minimum Gasteiger partial charge on any atom is -0.298 e. The third kappa shape index (κ3) is 2.09. The molecule has 0 aliphatic carbocycles. The zero-order chi connectivity index (χ0) is 11.5. The van der Waals surface area contributed by atoms with Crippen LogP contribution in [0.3, 0.4) is 0 Å². The van der Waals surface area contributed by atoms with E-state index in [4.69, 9.17) is 11.6 Å². The average Bonchev–Trinajstić information content (AvgIpc) is 2.31. The van der Waals surface area contributed by atoms with Gasteiger partial charge in [-0.3, -0.25) is 4.79 Å². The first kappa shape index (κ1) is 10.8. The quantitative estimate of drug-likeness (QED) is 0.590. The van der Waals surface area contributed by atoms with Crippen molar-refractivity contribution in [2.24, 2.45) is 0 Å². The van der Waals surface area contributed by atoms with E-state index in [1.807, 2.05) is 0 Å². The van der Waals surface area contributed by atoms with Crippen LogP contribution >= 0.6 is 11.6 Å². The van der Waals surface area contributed by atoms with Crippen LogP contribution in [-0.4, -0.2) is 11.3 Å². The van der Waals surface area contributed by atoms with Crippen molar-refractivity contribution in [1.82, 2.24) is 4.98 Å². The highest BCUT2D eigenvalue weighted by molar-refractivity contribution is 6.33. The maximum Gasteiger partial charge on any atom is 0.212 e. The molecule has 0 bridgehead atoms. The Kier molecular flexibility index (Phi) is 2.97. The molecule has 0 unspecified atom stereocenters. The van der Waals surface area contributed by atoms with Gasteiger partial charge in [-0.05, 0) is 29.8 Å². The molecule has 0 saturated heterocycles. The minimum atomic E-state index is -0.534. The molecule has 0 amide bonds. The largest absolute Gasteiger partial charge is 0.298 e. The first-order chi connectivity index (χ1) is 7.70. The molecule has 2 rings (SSSR count). The topological polar surface area (TPSA) is 30.0 Å². The van der Waals surface area contributed by atoms with Crippen LogP contribution in [0.5, 0.6) is 0 Å². The molecule has 16 heavy (non-hydrogen) atoms. The number of rotatable bonds is 2. The molecule has 0 saturated carbocycles. The number of carbonyl (C=O) groups excluding carboxylic acids is 1. The van der Waals surface area contributed by atoms with Crippen LogP contribution < -0.4 is 0 Å². The number of halogens is 2. The normalized spacial score (nSPS) is 10.1. The predicted molar refractivity (Wildman–Crippen MR) is 60.0 cm³/mol. The van der Waals surface area contributed by atoms with Gasteiger partial charge in [-0.25, -0.2) is 4.98 Å². The number of carbonyl (C=O) groups is 1. The average molecular weight is 236 g/mol. The third-order valence-corrected chi connectivity index (χ3v) is 2.53. The summed E-state index contributed by atoms with van der Waals surface area (Å²) in [6.45, 7) is 0. The van der Waals surface area contributed by atoms with Crippen molar-refractivity contribution in [3.63, 3.8) is 0 Å². The van der Waals surface area contributed by atoms with Gasteiger partial charge < -0.3 is 0 Å². The summed E-state index contributed by atoms with van der Waals surface area (Å²) in [5, 5.41) is 0.397. The van der Waals surface area contributed by atoms with Crippen molar-refractivity contribution < 1.29 is 9.18 Å². The second-order valence-electron chi connectivity index (χ2n) is 3.22. The zero-order valence-corrected chi connectivity index (χ0v) is 8.91. The summed E-state index contributed by atoms with van der Waals surface area (Å²) in [6.07, 6.45) is 2.09. The Morgan fingerprint density at radius 2 is 1.94 bits per heavy atom. The smallest absolute Gasteiger partial charge is 0.212 e. The molecule has 1 aromatic heterocycles. The molecule has 0 atom stereocenters. The SMILES string of the molecule is O=Cc1cc(-c2ccc(F)nc2)ccc1Cl. The molecule has 80 valence electrons. The maximum absolute atomic E-state index is 12.6. The lowest BCUT2D eigenvalue weighted by Crippen LogP contribution is -1.87. The molecule has 0 spiro atoms. The van der Waals surface area contributed by atoms with Crippen molar-refractivity contribution in [3.05, 3.63) is 53.1 Å². The molecular weight excluding hydrogens is 229 g/mol. The Morgan fingerprint density at radius 1 is 1.19 bits per heavy atom. The predicted octanol–water partition coefficient (Wildman–Crippen LogP) is 3.35. The monoisotopic (exact) mass is 235 g/mol. The number of aromatic nitrogens is 1. The van der Waals surface area contributed by atoms with Crippen molar-refractivity contribution in [1.29, 1.82) is 0 Å². The van der Waals surface area contributed by atoms with Gasteiger partial charge >= 0.3 is 0 Å². The van der Waals surface area contributed by atoms with E-state index in [2.05, 4.69) is 4.98 Å². The molecule has 0 aliphatic rings. The Hall–Kier alpha value is -1.74. The van der Waals surface area contributed by atoms with E-state index in [9.17, 15) is 9.18 Å². The van der Waals surface area contributed by atoms with Crippen LogP contribution in [0.25, 0.3) is 11.1 Å². The fourth-order valence-electron chi connectivity index (χ4n) is 1.36. The molecule has 1 heterocycles. The first-order valence-corrected chi connectivity index (χ1v) is 4.95. The van der Waals surface area contributed by atoms with Gasteiger partial charge in [-0.15, -0.1) is 0 Å². The lowest BCUT2D eigenvalue weighted by Gasteiger charge is -2.03. The number of pyridine rings is 1. The molecule has 4 heteroatoms. The van der Waals surface area contributed by atoms with Gasteiger partial charge in [0.2, 0.25) is 5.95 Å². The molecule has 1 aromatic carbocycles. The Labute approximate surface area is 96.7 Å². The van der Waals surface area contributed by atoms with E-state index in [0.29, 0.717) is 16.9 Å². The lowest BCUT2D eigenvalue weighted by molar-refractivity contribution is 0.112. The van der Waals surface area contributed by atoms with Gasteiger partial charge in [0.25, 0.3) is 0 Å². The van der Waals surface area contributed by atoms with Gasteiger partial charge in [0.15, 0.2) is 6.29 Å². The van der Waals surface area contributed by atoms with Gasteiger partial charge in [-0.1, -0.05) is 17.7 Å². The van der Waals surface area contributed by atoms with Crippen LogP contribution in [-0.2, 0) is 0 Å². The highest BCUT2D eigenvalue weighted by Gasteiger charge is 2.03. The Balaban J connectivity index is 2.48. The van der Waals surface area contributed by atoms with Gasteiger partial charge in [0.05, 0.1) is 5.02 Å². The highest BCUT2D eigenvalue weighted by atomic mass is 35.5. The van der Waals surface area contributed by atoms with Crippen LogP contribution in [0.15, 0.2) is 36.5 Å². The van der Waals surface area contributed by atoms with Gasteiger partial charge in [0, 0.05) is 17.3 Å². The molecule has 2 aromatic rings. The summed E-state index contributed by atoms with van der Waals surface area (Å²) in [6, 6.07) is 7.89. The van der Waals surface area contributed by atoms with Crippen LogP contribution in [0.2, 0.25) is 5.02 Å². The summed E-state index contributed by atoms with van der Waals surface area (Å²) in [7, 11) is 0. The van der Waals surface area contributed by atoms with Crippen LogP contribution in [0.4, 0.5) is 4.39 Å². The summed E-state index contributed by atoms with van der Waals surface area (Å²) >= 11 is 5.80. The Morgan fingerprint density at radius 3 is 2.56 bits per heavy atom. The van der Waals surface area contributed by atoms with Crippen molar-refractivity contribution >= 4 is 17.9 Å². The van der Waals surface area contributed by atoms with Gasteiger partial charge in [0.1, 0.15) is 0 Å². The number of nitrogens with zero attached hydrogens (tertiary/aromatic N) is 1. The second kappa shape index (κ2) is 4.41. The van der Waals surface area contributed by atoms with E-state index in [0.717, 1.165) is 11.1 Å². The number of hydrogen-bond donors (Lipinski definition) is 0. The van der Waals surface area contributed by atoms with Crippen LogP contribution in [0.1, 0.15) is 10.4 Å². The number of benzene rings is 1. The van der Waals surface area contributed by atoms with Crippen molar-refractivity contribution in [2.45, 2.75) is 0 Å². The second-order valence-corrected chi connectivity index (χ2v) is 3.63. The molecule has 0 N–H and O–H groups in total. The first-order valence-electron chi connectivity index (χ1n) is 4.57. The maximum atomic E-state index is 12.6. The zero-order valence-electron chi connectivity index (χ0n) is 8.15. The van der Waals surface area contributed by atoms with Crippen LogP contribution in [0, 0.1) is 5.95 Å². The summed E-state index contributed by atoms with van der Waals surface area (Å²) < 4.78 is 12.6. The third-order valence-electron chi connectivity index (χ3n) is 2.18. The molecule has 0 radical (unpaired) electrons.